The molecule has 4 rings (SSSR count). The average molecular weight is 460 g/mol. The van der Waals surface area contributed by atoms with E-state index in [1.807, 2.05) is 30.3 Å². The van der Waals surface area contributed by atoms with Gasteiger partial charge in [0.1, 0.15) is 17.3 Å². The molecule has 4 aromatic rings. The molecule has 164 valence electrons. The van der Waals surface area contributed by atoms with Crippen LogP contribution in [0.1, 0.15) is 28.7 Å². The van der Waals surface area contributed by atoms with Gasteiger partial charge in [0, 0.05) is 24.4 Å². The van der Waals surface area contributed by atoms with Crippen molar-refractivity contribution in [3.8, 4) is 34.5 Å². The van der Waals surface area contributed by atoms with Gasteiger partial charge in [0.25, 0.3) is 0 Å². The fourth-order valence-electron chi connectivity index (χ4n) is 3.37. The second-order valence-corrected chi connectivity index (χ2v) is 7.46. The number of hydrogen-bond donors (Lipinski definition) is 0. The van der Waals surface area contributed by atoms with Gasteiger partial charge < -0.3 is 9.30 Å². The van der Waals surface area contributed by atoms with Crippen LogP contribution in [0.15, 0.2) is 66.9 Å². The van der Waals surface area contributed by atoms with Crippen molar-refractivity contribution in [1.82, 2.24) is 14.5 Å². The van der Waals surface area contributed by atoms with Crippen molar-refractivity contribution in [3.63, 3.8) is 0 Å². The second-order valence-electron chi connectivity index (χ2n) is 7.06. The molecule has 0 aliphatic rings. The molecule has 0 atom stereocenters. The fraction of sp³-hybridized carbons (Fsp3) is 0.115. The van der Waals surface area contributed by atoms with Crippen LogP contribution in [0.5, 0.6) is 0 Å². The van der Waals surface area contributed by atoms with Gasteiger partial charge in [-0.1, -0.05) is 41.8 Å². The maximum absolute atomic E-state index is 14.6. The lowest BCUT2D eigenvalue weighted by molar-refractivity contribution is 0.0521. The number of nitrogens with zero attached hydrogens (tertiary/aromatic N) is 3. The van der Waals surface area contributed by atoms with Gasteiger partial charge >= 0.3 is 5.97 Å². The zero-order chi connectivity index (χ0) is 23.4. The Morgan fingerprint density at radius 1 is 1.09 bits per heavy atom. The molecule has 0 saturated heterocycles. The summed E-state index contributed by atoms with van der Waals surface area (Å²) in [4.78, 5) is 21.5. The Morgan fingerprint density at radius 2 is 1.88 bits per heavy atom. The molecular formula is C26H19ClFN3O2. The van der Waals surface area contributed by atoms with Gasteiger partial charge in [-0.05, 0) is 49.2 Å². The van der Waals surface area contributed by atoms with E-state index in [1.165, 1.54) is 12.1 Å². The Balaban J connectivity index is 1.79. The van der Waals surface area contributed by atoms with Crippen molar-refractivity contribution in [2.45, 2.75) is 6.92 Å². The minimum atomic E-state index is -0.616. The van der Waals surface area contributed by atoms with Gasteiger partial charge in [-0.3, -0.25) is 0 Å². The zero-order valence-electron chi connectivity index (χ0n) is 18.0. The lowest BCUT2D eigenvalue weighted by Gasteiger charge is -2.09. The highest BCUT2D eigenvalue weighted by atomic mass is 35.5. The molecule has 0 unspecified atom stereocenters. The number of imidazole rings is 1. The van der Waals surface area contributed by atoms with Crippen LogP contribution in [0.4, 0.5) is 4.39 Å². The van der Waals surface area contributed by atoms with E-state index in [0.29, 0.717) is 17.0 Å². The minimum absolute atomic E-state index is 0.0542. The van der Waals surface area contributed by atoms with Crippen molar-refractivity contribution in [3.05, 3.63) is 94.7 Å². The van der Waals surface area contributed by atoms with Crippen LogP contribution in [-0.4, -0.2) is 27.1 Å². The zero-order valence-corrected chi connectivity index (χ0v) is 18.7. The normalized spacial score (nSPS) is 10.4. The molecule has 7 heteroatoms. The van der Waals surface area contributed by atoms with Crippen molar-refractivity contribution >= 4 is 17.6 Å². The van der Waals surface area contributed by atoms with Gasteiger partial charge in [0.05, 0.1) is 22.9 Å². The summed E-state index contributed by atoms with van der Waals surface area (Å²) < 4.78 is 21.4. The van der Waals surface area contributed by atoms with E-state index in [0.717, 1.165) is 5.56 Å². The van der Waals surface area contributed by atoms with Gasteiger partial charge in [0.15, 0.2) is 5.69 Å². The highest BCUT2D eigenvalue weighted by Crippen LogP contribution is 2.34. The maximum Gasteiger partial charge on any atom is 0.359 e. The summed E-state index contributed by atoms with van der Waals surface area (Å²) in [5.74, 6) is 5.13. The topological polar surface area (TPSA) is 57.0 Å². The third kappa shape index (κ3) is 4.64. The molecule has 2 heterocycles. The van der Waals surface area contributed by atoms with Crippen LogP contribution in [0.25, 0.3) is 22.6 Å². The van der Waals surface area contributed by atoms with E-state index in [4.69, 9.17) is 16.3 Å². The lowest BCUT2D eigenvalue weighted by atomic mass is 10.1. The first-order chi connectivity index (χ1) is 16.0. The molecule has 0 spiro atoms. The highest BCUT2D eigenvalue weighted by Gasteiger charge is 2.26. The van der Waals surface area contributed by atoms with E-state index in [-0.39, 0.29) is 28.7 Å². The van der Waals surface area contributed by atoms with Crippen LogP contribution in [0.2, 0.25) is 5.02 Å². The first-order valence-corrected chi connectivity index (χ1v) is 10.6. The van der Waals surface area contributed by atoms with E-state index in [9.17, 15) is 9.18 Å². The van der Waals surface area contributed by atoms with Crippen molar-refractivity contribution in [2.75, 3.05) is 6.61 Å². The number of carbonyl (C=O) groups excluding carboxylic acids is 1. The molecule has 0 aliphatic carbocycles. The predicted octanol–water partition coefficient (Wildman–Crippen LogP) is 5.52. The highest BCUT2D eigenvalue weighted by molar-refractivity contribution is 6.33. The largest absolute Gasteiger partial charge is 0.461 e. The summed E-state index contributed by atoms with van der Waals surface area (Å²) in [7, 11) is 1.69. The standard InChI is InChI=1S/C26H19ClFN3O2/c1-3-33-26(32)23-24(31(2)25(30-23)22-20(27)10-7-11-21(22)28)18-13-15-19(29-16-18)14-12-17-8-5-4-6-9-17/h4-11,13,15-16H,3H2,1-2H3. The van der Waals surface area contributed by atoms with Crippen LogP contribution in [0, 0.1) is 17.7 Å². The van der Waals surface area contributed by atoms with Crippen LogP contribution < -0.4 is 0 Å². The number of hydrogen-bond acceptors (Lipinski definition) is 4. The first kappa shape index (κ1) is 22.3. The van der Waals surface area contributed by atoms with E-state index in [2.05, 4.69) is 21.8 Å². The van der Waals surface area contributed by atoms with E-state index < -0.39 is 11.8 Å². The monoisotopic (exact) mass is 459 g/mol. The molecule has 5 nitrogen and oxygen atoms in total. The number of pyridine rings is 1. The summed E-state index contributed by atoms with van der Waals surface area (Å²) in [5.41, 5.74) is 2.66. The number of esters is 1. The molecule has 0 radical (unpaired) electrons. The van der Waals surface area contributed by atoms with Gasteiger partial charge in [-0.15, -0.1) is 0 Å². The Morgan fingerprint density at radius 3 is 2.55 bits per heavy atom. The van der Waals surface area contributed by atoms with Gasteiger partial charge in [-0.2, -0.15) is 0 Å². The summed E-state index contributed by atoms with van der Waals surface area (Å²) in [6.45, 7) is 1.88. The summed E-state index contributed by atoms with van der Waals surface area (Å²) in [5, 5.41) is 0.190. The quantitative estimate of drug-likeness (QED) is 0.298. The third-order valence-corrected chi connectivity index (χ3v) is 5.21. The Kier molecular flexibility index (Phi) is 6.53. The van der Waals surface area contributed by atoms with Crippen molar-refractivity contribution in [2.24, 2.45) is 7.05 Å². The minimum Gasteiger partial charge on any atom is -0.461 e. The average Bonchev–Trinajstić information content (AvgIpc) is 3.16. The molecular weight excluding hydrogens is 441 g/mol. The molecule has 0 amide bonds. The molecule has 0 bridgehead atoms. The predicted molar refractivity (Wildman–Crippen MR) is 125 cm³/mol. The summed E-state index contributed by atoms with van der Waals surface area (Å²) >= 11 is 6.25. The Hall–Kier alpha value is -3.95. The molecule has 0 aliphatic heterocycles. The van der Waals surface area contributed by atoms with Crippen LogP contribution in [-0.2, 0) is 11.8 Å². The summed E-state index contributed by atoms with van der Waals surface area (Å²) in [6.07, 6.45) is 1.60. The van der Waals surface area contributed by atoms with E-state index in [1.54, 1.807) is 42.9 Å². The summed E-state index contributed by atoms with van der Waals surface area (Å²) in [6, 6.07) is 17.5. The maximum atomic E-state index is 14.6. The molecule has 33 heavy (non-hydrogen) atoms. The number of halogens is 2. The molecule has 0 saturated carbocycles. The number of rotatable bonds is 4. The van der Waals surface area contributed by atoms with Gasteiger partial charge in [-0.25, -0.2) is 19.2 Å². The molecule has 0 N–H and O–H groups in total. The van der Waals surface area contributed by atoms with Crippen molar-refractivity contribution < 1.29 is 13.9 Å². The number of ether oxygens (including phenoxy) is 1. The molecule has 2 aromatic carbocycles. The molecule has 0 fully saturated rings. The van der Waals surface area contributed by atoms with Gasteiger partial charge in [0.2, 0.25) is 0 Å². The Labute approximate surface area is 195 Å². The third-order valence-electron chi connectivity index (χ3n) is 4.90. The lowest BCUT2D eigenvalue weighted by Crippen LogP contribution is -2.07. The smallest absolute Gasteiger partial charge is 0.359 e. The second kappa shape index (κ2) is 9.68. The van der Waals surface area contributed by atoms with Crippen LogP contribution in [0.3, 0.4) is 0 Å². The van der Waals surface area contributed by atoms with E-state index >= 15 is 0 Å². The number of carbonyl (C=O) groups is 1. The fourth-order valence-corrected chi connectivity index (χ4v) is 3.62. The molecule has 2 aromatic heterocycles. The van der Waals surface area contributed by atoms with Crippen LogP contribution >= 0.6 is 11.6 Å². The van der Waals surface area contributed by atoms with Crippen molar-refractivity contribution in [1.29, 1.82) is 0 Å². The number of aromatic nitrogens is 3. The first-order valence-electron chi connectivity index (χ1n) is 10.2. The SMILES string of the molecule is CCOC(=O)c1nc(-c2c(F)cccc2Cl)n(C)c1-c1ccc(C#Cc2ccccc2)nc1. The number of benzene rings is 2. The Bertz CT molecular complexity index is 1350.